The Balaban J connectivity index is 1.72. The number of rotatable bonds is 3. The minimum Gasteiger partial charge on any atom is -0.361 e. The first-order valence-electron chi connectivity index (χ1n) is 8.01. The highest BCUT2D eigenvalue weighted by molar-refractivity contribution is 5.79. The van der Waals surface area contributed by atoms with E-state index in [-0.39, 0.29) is 11.9 Å². The molecule has 1 saturated heterocycles. The van der Waals surface area contributed by atoms with Gasteiger partial charge in [-0.15, -0.1) is 0 Å². The van der Waals surface area contributed by atoms with Gasteiger partial charge in [0.05, 0.1) is 18.2 Å². The van der Waals surface area contributed by atoms with Gasteiger partial charge >= 0.3 is 0 Å². The van der Waals surface area contributed by atoms with Gasteiger partial charge in [0.25, 0.3) is 0 Å². The molecule has 1 atom stereocenters. The average Bonchev–Trinajstić information content (AvgIpc) is 2.88. The van der Waals surface area contributed by atoms with Crippen molar-refractivity contribution in [1.29, 1.82) is 0 Å². The molecule has 2 aromatic rings. The highest BCUT2D eigenvalue weighted by Gasteiger charge is 2.29. The van der Waals surface area contributed by atoms with Gasteiger partial charge in [-0.2, -0.15) is 0 Å². The highest BCUT2D eigenvalue weighted by atomic mass is 16.5. The number of amides is 1. The van der Waals surface area contributed by atoms with Gasteiger partial charge in [0.1, 0.15) is 5.76 Å². The molecule has 2 heterocycles. The molecule has 1 aromatic carbocycles. The van der Waals surface area contributed by atoms with Crippen LogP contribution >= 0.6 is 0 Å². The number of aryl methyl sites for hydroxylation is 2. The molecule has 5 nitrogen and oxygen atoms in total. The maximum absolute atomic E-state index is 12.7. The highest BCUT2D eigenvalue weighted by Crippen LogP contribution is 2.24. The molecule has 0 spiro atoms. The smallest absolute Gasteiger partial charge is 0.227 e. The van der Waals surface area contributed by atoms with E-state index in [4.69, 9.17) is 4.52 Å². The van der Waals surface area contributed by atoms with E-state index in [0.717, 1.165) is 36.7 Å². The molecule has 1 aromatic heterocycles. The number of hydrogen-bond donors (Lipinski definition) is 0. The monoisotopic (exact) mass is 313 g/mol. The lowest BCUT2D eigenvalue weighted by Gasteiger charge is -2.39. The van der Waals surface area contributed by atoms with Crippen LogP contribution in [0.15, 0.2) is 34.9 Å². The number of nitrogens with zero attached hydrogens (tertiary/aromatic N) is 3. The van der Waals surface area contributed by atoms with Crippen LogP contribution in [0.5, 0.6) is 0 Å². The van der Waals surface area contributed by atoms with E-state index in [9.17, 15) is 4.79 Å². The van der Waals surface area contributed by atoms with Crippen molar-refractivity contribution in [2.45, 2.75) is 26.3 Å². The van der Waals surface area contributed by atoms with Gasteiger partial charge in [0, 0.05) is 25.2 Å². The molecule has 0 N–H and O–H groups in total. The van der Waals surface area contributed by atoms with Crippen molar-refractivity contribution < 1.29 is 9.32 Å². The molecule has 1 aliphatic heterocycles. The standard InChI is InChI=1S/C18H23N3O2/c1-13-16(14(2)23-19-13)11-18(22)21-10-9-20(3)17(12-21)15-7-5-4-6-8-15/h4-8,17H,9-12H2,1-3H3/t17-/m0/s1. The van der Waals surface area contributed by atoms with Crippen molar-refractivity contribution in [2.75, 3.05) is 26.7 Å². The second-order valence-corrected chi connectivity index (χ2v) is 6.23. The van der Waals surface area contributed by atoms with Gasteiger partial charge < -0.3 is 9.42 Å². The first-order chi connectivity index (χ1) is 11.1. The third kappa shape index (κ3) is 3.29. The van der Waals surface area contributed by atoms with E-state index in [2.05, 4.69) is 29.2 Å². The Morgan fingerprint density at radius 1 is 1.26 bits per heavy atom. The molecular weight excluding hydrogens is 290 g/mol. The van der Waals surface area contributed by atoms with Crippen LogP contribution in [0.25, 0.3) is 0 Å². The molecule has 0 bridgehead atoms. The lowest BCUT2D eigenvalue weighted by atomic mass is 10.0. The SMILES string of the molecule is Cc1noc(C)c1CC(=O)N1CCN(C)[C@H](c2ccccc2)C1. The predicted molar refractivity (Wildman–Crippen MR) is 88.1 cm³/mol. The number of carbonyl (C=O) groups excluding carboxylic acids is 1. The molecule has 1 aliphatic rings. The van der Waals surface area contributed by atoms with Gasteiger partial charge in [0.2, 0.25) is 5.91 Å². The molecule has 0 unspecified atom stereocenters. The van der Waals surface area contributed by atoms with Crippen molar-refractivity contribution in [3.63, 3.8) is 0 Å². The molecule has 0 radical (unpaired) electrons. The number of aromatic nitrogens is 1. The fraction of sp³-hybridized carbons (Fsp3) is 0.444. The molecule has 1 amide bonds. The van der Waals surface area contributed by atoms with Crippen molar-refractivity contribution in [3.8, 4) is 0 Å². The van der Waals surface area contributed by atoms with Crippen LogP contribution in [0.1, 0.15) is 28.6 Å². The van der Waals surface area contributed by atoms with Gasteiger partial charge in [-0.25, -0.2) is 0 Å². The van der Waals surface area contributed by atoms with E-state index in [1.807, 2.05) is 36.9 Å². The summed E-state index contributed by atoms with van der Waals surface area (Å²) in [5.41, 5.74) is 2.99. The summed E-state index contributed by atoms with van der Waals surface area (Å²) in [6, 6.07) is 10.6. The second kappa shape index (κ2) is 6.54. The van der Waals surface area contributed by atoms with E-state index in [0.29, 0.717) is 6.42 Å². The number of likely N-dealkylation sites (N-methyl/N-ethyl adjacent to an activating group) is 1. The summed E-state index contributed by atoms with van der Waals surface area (Å²) in [7, 11) is 2.12. The summed E-state index contributed by atoms with van der Waals surface area (Å²) < 4.78 is 5.16. The zero-order valence-corrected chi connectivity index (χ0v) is 14.0. The van der Waals surface area contributed by atoms with Crippen molar-refractivity contribution >= 4 is 5.91 Å². The number of carbonyl (C=O) groups is 1. The van der Waals surface area contributed by atoms with Crippen molar-refractivity contribution in [3.05, 3.63) is 52.9 Å². The fourth-order valence-corrected chi connectivity index (χ4v) is 3.15. The summed E-state index contributed by atoms with van der Waals surface area (Å²) in [6.45, 7) is 6.12. The summed E-state index contributed by atoms with van der Waals surface area (Å²) in [5, 5.41) is 3.93. The zero-order valence-electron chi connectivity index (χ0n) is 14.0. The minimum atomic E-state index is 0.147. The molecule has 1 fully saturated rings. The van der Waals surface area contributed by atoms with Crippen LogP contribution in [0, 0.1) is 13.8 Å². The Bertz CT molecular complexity index is 661. The minimum absolute atomic E-state index is 0.147. The number of piperazine rings is 1. The van der Waals surface area contributed by atoms with Gasteiger partial charge in [-0.05, 0) is 26.5 Å². The number of benzene rings is 1. The topological polar surface area (TPSA) is 49.6 Å². The quantitative estimate of drug-likeness (QED) is 0.873. The summed E-state index contributed by atoms with van der Waals surface area (Å²) in [6.07, 6.45) is 0.367. The Kier molecular flexibility index (Phi) is 4.48. The van der Waals surface area contributed by atoms with Crippen LogP contribution in [-0.2, 0) is 11.2 Å². The molecule has 122 valence electrons. The maximum Gasteiger partial charge on any atom is 0.227 e. The summed E-state index contributed by atoms with van der Waals surface area (Å²) in [4.78, 5) is 17.0. The number of hydrogen-bond acceptors (Lipinski definition) is 4. The first kappa shape index (κ1) is 15.7. The lowest BCUT2D eigenvalue weighted by molar-refractivity contribution is -0.133. The van der Waals surface area contributed by atoms with Crippen molar-refractivity contribution in [2.24, 2.45) is 0 Å². The van der Waals surface area contributed by atoms with Crippen molar-refractivity contribution in [1.82, 2.24) is 15.0 Å². The zero-order chi connectivity index (χ0) is 16.4. The van der Waals surface area contributed by atoms with Gasteiger partial charge in [-0.1, -0.05) is 35.5 Å². The molecule has 3 rings (SSSR count). The van der Waals surface area contributed by atoms with E-state index in [1.165, 1.54) is 5.56 Å². The van der Waals surface area contributed by atoms with E-state index < -0.39 is 0 Å². The second-order valence-electron chi connectivity index (χ2n) is 6.23. The Labute approximate surface area is 136 Å². The normalized spacial score (nSPS) is 19.1. The van der Waals surface area contributed by atoms with Crippen LogP contribution in [0.3, 0.4) is 0 Å². The average molecular weight is 313 g/mol. The molecule has 0 aliphatic carbocycles. The third-order valence-corrected chi connectivity index (χ3v) is 4.69. The lowest BCUT2D eigenvalue weighted by Crippen LogP contribution is -2.49. The maximum atomic E-state index is 12.7. The Morgan fingerprint density at radius 2 is 2.00 bits per heavy atom. The molecule has 0 saturated carbocycles. The molecule has 5 heteroatoms. The summed E-state index contributed by atoms with van der Waals surface area (Å²) in [5.74, 6) is 0.887. The Hall–Kier alpha value is -2.14. The van der Waals surface area contributed by atoms with Crippen LogP contribution in [0.4, 0.5) is 0 Å². The van der Waals surface area contributed by atoms with Crippen LogP contribution in [0.2, 0.25) is 0 Å². The van der Waals surface area contributed by atoms with Gasteiger partial charge in [-0.3, -0.25) is 9.69 Å². The largest absolute Gasteiger partial charge is 0.361 e. The third-order valence-electron chi connectivity index (χ3n) is 4.69. The molecular formula is C18H23N3O2. The fourth-order valence-electron chi connectivity index (χ4n) is 3.15. The predicted octanol–water partition coefficient (Wildman–Crippen LogP) is 2.35. The van der Waals surface area contributed by atoms with Crippen LogP contribution < -0.4 is 0 Å². The molecule has 23 heavy (non-hydrogen) atoms. The van der Waals surface area contributed by atoms with Crippen LogP contribution in [-0.4, -0.2) is 47.5 Å². The first-order valence-corrected chi connectivity index (χ1v) is 8.01. The van der Waals surface area contributed by atoms with E-state index in [1.54, 1.807) is 0 Å². The summed E-state index contributed by atoms with van der Waals surface area (Å²) >= 11 is 0. The van der Waals surface area contributed by atoms with E-state index >= 15 is 0 Å². The Morgan fingerprint density at radius 3 is 2.65 bits per heavy atom. The van der Waals surface area contributed by atoms with Gasteiger partial charge in [0.15, 0.2) is 0 Å².